The summed E-state index contributed by atoms with van der Waals surface area (Å²) < 4.78 is 2.10. The molecule has 0 unspecified atom stereocenters. The highest BCUT2D eigenvalue weighted by Gasteiger charge is 2.34. The van der Waals surface area contributed by atoms with Gasteiger partial charge in [-0.1, -0.05) is 37.8 Å². The molecule has 0 saturated heterocycles. The number of aromatic nitrogens is 2. The molecule has 1 saturated carbocycles. The molecule has 1 fully saturated rings. The summed E-state index contributed by atoms with van der Waals surface area (Å²) >= 11 is 6.50. The molecule has 1 heterocycles. The second-order valence-corrected chi connectivity index (χ2v) is 6.56. The molecule has 1 aliphatic carbocycles. The lowest BCUT2D eigenvalue weighted by molar-refractivity contribution is 0.178. The Bertz CT molecular complexity index is 433. The average molecular weight is 298 g/mol. The molecule has 0 bridgehead atoms. The van der Waals surface area contributed by atoms with Gasteiger partial charge in [0.2, 0.25) is 0 Å². The van der Waals surface area contributed by atoms with Gasteiger partial charge in [0.1, 0.15) is 0 Å². The molecule has 0 aromatic carbocycles. The van der Waals surface area contributed by atoms with Crippen molar-refractivity contribution < 1.29 is 0 Å². The van der Waals surface area contributed by atoms with E-state index in [9.17, 15) is 0 Å². The molecule has 3 nitrogen and oxygen atoms in total. The summed E-state index contributed by atoms with van der Waals surface area (Å²) in [6.45, 7) is 9.39. The zero-order valence-corrected chi connectivity index (χ0v) is 13.9. The third-order valence-corrected chi connectivity index (χ3v) is 5.15. The summed E-state index contributed by atoms with van der Waals surface area (Å²) in [6.07, 6.45) is 7.76. The summed E-state index contributed by atoms with van der Waals surface area (Å²) in [5.74, 6) is 0. The molecule has 0 spiro atoms. The fourth-order valence-electron chi connectivity index (χ4n) is 3.50. The number of nitrogens with zero attached hydrogens (tertiary/aromatic N) is 2. The molecular weight excluding hydrogens is 270 g/mol. The van der Waals surface area contributed by atoms with E-state index in [0.717, 1.165) is 36.8 Å². The van der Waals surface area contributed by atoms with E-state index in [2.05, 4.69) is 28.9 Å². The van der Waals surface area contributed by atoms with Crippen molar-refractivity contribution in [2.24, 2.45) is 5.41 Å². The first-order valence-electron chi connectivity index (χ1n) is 8.04. The minimum atomic E-state index is 0.372. The van der Waals surface area contributed by atoms with E-state index in [-0.39, 0.29) is 0 Å². The molecule has 1 aromatic heterocycles. The van der Waals surface area contributed by atoms with Crippen LogP contribution in [-0.2, 0) is 13.0 Å². The predicted molar refractivity (Wildman–Crippen MR) is 85.4 cm³/mol. The Hall–Kier alpha value is -0.540. The standard InChI is InChI=1S/C16H28ClN3/c1-4-18-12-16(9-7-6-8-10-16)11-14-15(17)13(3)19-20(14)5-2/h18H,4-12H2,1-3H3. The van der Waals surface area contributed by atoms with Crippen LogP contribution in [0.2, 0.25) is 5.02 Å². The third-order valence-electron chi connectivity index (χ3n) is 4.66. The largest absolute Gasteiger partial charge is 0.316 e. The van der Waals surface area contributed by atoms with Crippen molar-refractivity contribution in [3.63, 3.8) is 0 Å². The summed E-state index contributed by atoms with van der Waals surface area (Å²) in [6, 6.07) is 0. The number of nitrogens with one attached hydrogen (secondary N) is 1. The highest BCUT2D eigenvalue weighted by atomic mass is 35.5. The summed E-state index contributed by atoms with van der Waals surface area (Å²) in [7, 11) is 0. The highest BCUT2D eigenvalue weighted by Crippen LogP contribution is 2.40. The maximum Gasteiger partial charge on any atom is 0.0847 e. The van der Waals surface area contributed by atoms with E-state index in [1.807, 2.05) is 6.92 Å². The van der Waals surface area contributed by atoms with Crippen LogP contribution in [0.1, 0.15) is 57.3 Å². The van der Waals surface area contributed by atoms with Crippen molar-refractivity contribution in [1.82, 2.24) is 15.1 Å². The average Bonchev–Trinajstić information content (AvgIpc) is 2.74. The van der Waals surface area contributed by atoms with E-state index in [4.69, 9.17) is 11.6 Å². The molecule has 2 rings (SSSR count). The zero-order chi connectivity index (χ0) is 14.6. The summed E-state index contributed by atoms with van der Waals surface area (Å²) in [5, 5.41) is 9.02. The highest BCUT2D eigenvalue weighted by molar-refractivity contribution is 6.31. The van der Waals surface area contributed by atoms with Crippen molar-refractivity contribution in [1.29, 1.82) is 0 Å². The topological polar surface area (TPSA) is 29.9 Å². The molecule has 0 aliphatic heterocycles. The van der Waals surface area contributed by atoms with Gasteiger partial charge >= 0.3 is 0 Å². The van der Waals surface area contributed by atoms with Crippen LogP contribution < -0.4 is 5.32 Å². The van der Waals surface area contributed by atoms with Gasteiger partial charge in [-0.05, 0) is 45.1 Å². The minimum absolute atomic E-state index is 0.372. The van der Waals surface area contributed by atoms with Gasteiger partial charge in [0.25, 0.3) is 0 Å². The van der Waals surface area contributed by atoms with Gasteiger partial charge in [-0.2, -0.15) is 5.10 Å². The Balaban J connectivity index is 2.22. The lowest BCUT2D eigenvalue weighted by atomic mass is 9.71. The van der Waals surface area contributed by atoms with Gasteiger partial charge in [0, 0.05) is 13.1 Å². The number of aryl methyl sites for hydroxylation is 2. The van der Waals surface area contributed by atoms with Gasteiger partial charge in [-0.3, -0.25) is 4.68 Å². The van der Waals surface area contributed by atoms with E-state index < -0.39 is 0 Å². The second-order valence-electron chi connectivity index (χ2n) is 6.18. The molecule has 1 aliphatic rings. The van der Waals surface area contributed by atoms with Crippen LogP contribution in [0.5, 0.6) is 0 Å². The lowest BCUT2D eigenvalue weighted by Crippen LogP contribution is -2.38. The quantitative estimate of drug-likeness (QED) is 0.861. The number of hydrogen-bond acceptors (Lipinski definition) is 2. The first-order valence-corrected chi connectivity index (χ1v) is 8.42. The van der Waals surface area contributed by atoms with E-state index >= 15 is 0 Å². The molecule has 1 N–H and O–H groups in total. The van der Waals surface area contributed by atoms with Crippen molar-refractivity contribution in [2.75, 3.05) is 13.1 Å². The van der Waals surface area contributed by atoms with Gasteiger partial charge in [0.15, 0.2) is 0 Å². The fourth-order valence-corrected chi connectivity index (χ4v) is 3.70. The molecule has 0 radical (unpaired) electrons. The Morgan fingerprint density at radius 3 is 2.55 bits per heavy atom. The molecule has 0 atom stereocenters. The smallest absolute Gasteiger partial charge is 0.0847 e. The van der Waals surface area contributed by atoms with Crippen LogP contribution in [0.25, 0.3) is 0 Å². The second kappa shape index (κ2) is 6.95. The van der Waals surface area contributed by atoms with Gasteiger partial charge in [0.05, 0.1) is 16.4 Å². The van der Waals surface area contributed by atoms with Gasteiger partial charge < -0.3 is 5.32 Å². The number of rotatable bonds is 6. The molecular formula is C16H28ClN3. The Kier molecular flexibility index (Phi) is 5.50. The van der Waals surface area contributed by atoms with Gasteiger partial charge in [-0.25, -0.2) is 0 Å². The summed E-state index contributed by atoms with van der Waals surface area (Å²) in [5.41, 5.74) is 2.58. The number of halogens is 1. The fraction of sp³-hybridized carbons (Fsp3) is 0.812. The number of hydrogen-bond donors (Lipinski definition) is 1. The lowest BCUT2D eigenvalue weighted by Gasteiger charge is -2.38. The van der Waals surface area contributed by atoms with Gasteiger partial charge in [-0.15, -0.1) is 0 Å². The van der Waals surface area contributed by atoms with Crippen LogP contribution >= 0.6 is 11.6 Å². The third kappa shape index (κ3) is 3.37. The van der Waals surface area contributed by atoms with Crippen LogP contribution in [0.3, 0.4) is 0 Å². The van der Waals surface area contributed by atoms with Crippen LogP contribution in [0, 0.1) is 12.3 Å². The Labute approximate surface area is 128 Å². The van der Waals surface area contributed by atoms with Crippen LogP contribution in [0.4, 0.5) is 0 Å². The van der Waals surface area contributed by atoms with Crippen molar-refractivity contribution in [3.8, 4) is 0 Å². The first kappa shape index (κ1) is 15.8. The SMILES string of the molecule is CCNCC1(Cc2c(Cl)c(C)nn2CC)CCCCC1. The van der Waals surface area contributed by atoms with Crippen molar-refractivity contribution >= 4 is 11.6 Å². The normalized spacial score (nSPS) is 18.4. The van der Waals surface area contributed by atoms with Crippen molar-refractivity contribution in [3.05, 3.63) is 16.4 Å². The van der Waals surface area contributed by atoms with Crippen LogP contribution in [-0.4, -0.2) is 22.9 Å². The molecule has 0 amide bonds. The van der Waals surface area contributed by atoms with E-state index in [1.165, 1.54) is 37.8 Å². The summed E-state index contributed by atoms with van der Waals surface area (Å²) in [4.78, 5) is 0. The zero-order valence-electron chi connectivity index (χ0n) is 13.1. The Morgan fingerprint density at radius 2 is 1.95 bits per heavy atom. The first-order chi connectivity index (χ1) is 9.62. The minimum Gasteiger partial charge on any atom is -0.316 e. The van der Waals surface area contributed by atoms with E-state index in [0.29, 0.717) is 5.41 Å². The van der Waals surface area contributed by atoms with Crippen LogP contribution in [0.15, 0.2) is 0 Å². The molecule has 4 heteroatoms. The maximum atomic E-state index is 6.50. The maximum absolute atomic E-state index is 6.50. The van der Waals surface area contributed by atoms with E-state index in [1.54, 1.807) is 0 Å². The predicted octanol–water partition coefficient (Wildman–Crippen LogP) is 3.97. The molecule has 20 heavy (non-hydrogen) atoms. The molecule has 114 valence electrons. The molecule has 1 aromatic rings. The van der Waals surface area contributed by atoms with Crippen molar-refractivity contribution in [2.45, 2.75) is 65.8 Å². The Morgan fingerprint density at radius 1 is 1.25 bits per heavy atom. The monoisotopic (exact) mass is 297 g/mol.